The highest BCUT2D eigenvalue weighted by Gasteiger charge is 2.03. The average Bonchev–Trinajstić information content (AvgIpc) is 3.13. The van der Waals surface area contributed by atoms with E-state index in [-0.39, 0.29) is 29.8 Å². The number of benzene rings is 1. The van der Waals surface area contributed by atoms with E-state index in [0.29, 0.717) is 18.2 Å². The summed E-state index contributed by atoms with van der Waals surface area (Å²) in [6, 6.07) is 9.56. The molecule has 0 radical (unpaired) electrons. The van der Waals surface area contributed by atoms with Crippen molar-refractivity contribution in [1.29, 1.82) is 0 Å². The zero-order valence-electron chi connectivity index (χ0n) is 16.9. The van der Waals surface area contributed by atoms with Gasteiger partial charge in [0.25, 0.3) is 0 Å². The van der Waals surface area contributed by atoms with E-state index in [1.807, 2.05) is 25.3 Å². The van der Waals surface area contributed by atoms with Crippen LogP contribution in [0.25, 0.3) is 0 Å². The summed E-state index contributed by atoms with van der Waals surface area (Å²) in [6.07, 6.45) is 4.43. The van der Waals surface area contributed by atoms with Crippen molar-refractivity contribution in [3.63, 3.8) is 0 Å². The van der Waals surface area contributed by atoms with Gasteiger partial charge in [-0.15, -0.1) is 35.3 Å². The second-order valence-electron chi connectivity index (χ2n) is 6.29. The van der Waals surface area contributed by atoms with Crippen LogP contribution < -0.4 is 15.4 Å². The van der Waals surface area contributed by atoms with E-state index >= 15 is 0 Å². The van der Waals surface area contributed by atoms with Gasteiger partial charge in [-0.25, -0.2) is 19.4 Å². The monoisotopic (exact) mass is 541 g/mol. The van der Waals surface area contributed by atoms with E-state index in [9.17, 15) is 4.39 Å². The molecule has 3 rings (SSSR count). The minimum Gasteiger partial charge on any atom is -0.439 e. The molecular weight excluding hydrogens is 516 g/mol. The number of halogens is 2. The highest BCUT2D eigenvalue weighted by molar-refractivity contribution is 14.0. The van der Waals surface area contributed by atoms with Gasteiger partial charge in [-0.05, 0) is 49.7 Å². The number of nitrogens with zero attached hydrogens (tertiary/aromatic N) is 3. The van der Waals surface area contributed by atoms with Crippen molar-refractivity contribution >= 4 is 41.3 Å². The number of aromatic nitrogens is 2. The van der Waals surface area contributed by atoms with Crippen molar-refractivity contribution in [3.8, 4) is 11.6 Å². The molecule has 0 aliphatic carbocycles. The maximum atomic E-state index is 13.0. The van der Waals surface area contributed by atoms with E-state index in [0.717, 1.165) is 36.0 Å². The molecule has 0 aliphatic rings. The van der Waals surface area contributed by atoms with Gasteiger partial charge >= 0.3 is 0 Å². The Kier molecular flexibility index (Phi) is 9.95. The lowest BCUT2D eigenvalue weighted by Gasteiger charge is -2.11. The number of ether oxygens (including phenoxy) is 1. The molecule has 0 saturated heterocycles. The fourth-order valence-corrected chi connectivity index (χ4v) is 3.33. The van der Waals surface area contributed by atoms with Crippen LogP contribution in [0.3, 0.4) is 0 Å². The van der Waals surface area contributed by atoms with Crippen LogP contribution in [-0.4, -0.2) is 29.0 Å². The largest absolute Gasteiger partial charge is 0.439 e. The van der Waals surface area contributed by atoms with Crippen molar-refractivity contribution in [2.45, 2.75) is 26.8 Å². The molecule has 0 bridgehead atoms. The van der Waals surface area contributed by atoms with E-state index in [4.69, 9.17) is 4.74 Å². The first kappa shape index (κ1) is 24.0. The van der Waals surface area contributed by atoms with E-state index < -0.39 is 0 Å². The predicted octanol–water partition coefficient (Wildman–Crippen LogP) is 4.69. The summed E-state index contributed by atoms with van der Waals surface area (Å²) in [7, 11) is 0. The molecule has 0 atom stereocenters. The third kappa shape index (κ3) is 7.86. The highest BCUT2D eigenvalue weighted by Crippen LogP contribution is 2.20. The molecule has 9 heteroatoms. The number of rotatable bonds is 8. The van der Waals surface area contributed by atoms with Crippen LogP contribution in [-0.2, 0) is 13.0 Å². The van der Waals surface area contributed by atoms with Gasteiger partial charge in [0, 0.05) is 42.8 Å². The lowest BCUT2D eigenvalue weighted by atomic mass is 10.2. The average molecular weight is 541 g/mol. The molecule has 0 unspecified atom stereocenters. The first-order valence-corrected chi connectivity index (χ1v) is 10.3. The van der Waals surface area contributed by atoms with E-state index in [2.05, 4.69) is 32.5 Å². The summed E-state index contributed by atoms with van der Waals surface area (Å²) in [5.41, 5.74) is 0.963. The second-order valence-corrected chi connectivity index (χ2v) is 7.61. The highest BCUT2D eigenvalue weighted by atomic mass is 127. The van der Waals surface area contributed by atoms with Gasteiger partial charge in [0.05, 0.1) is 11.6 Å². The number of nitrogens with one attached hydrogen (secondary N) is 2. The summed E-state index contributed by atoms with van der Waals surface area (Å²) in [5, 5.41) is 7.69. The molecule has 2 heterocycles. The third-order valence-corrected chi connectivity index (χ3v) is 4.87. The summed E-state index contributed by atoms with van der Waals surface area (Å²) >= 11 is 1.71. The fourth-order valence-electron chi connectivity index (χ4n) is 2.54. The third-order valence-electron chi connectivity index (χ3n) is 3.90. The van der Waals surface area contributed by atoms with Gasteiger partial charge in [0.1, 0.15) is 11.6 Å². The van der Waals surface area contributed by atoms with Gasteiger partial charge in [-0.3, -0.25) is 0 Å². The zero-order valence-corrected chi connectivity index (χ0v) is 20.0. The Morgan fingerprint density at radius 1 is 1.17 bits per heavy atom. The van der Waals surface area contributed by atoms with Crippen LogP contribution >= 0.6 is 35.3 Å². The number of hydrogen-bond acceptors (Lipinski definition) is 5. The van der Waals surface area contributed by atoms with E-state index in [1.54, 1.807) is 29.7 Å². The summed E-state index contributed by atoms with van der Waals surface area (Å²) in [6.45, 7) is 6.10. The van der Waals surface area contributed by atoms with Crippen LogP contribution in [0.5, 0.6) is 11.6 Å². The Morgan fingerprint density at radius 3 is 2.67 bits per heavy atom. The van der Waals surface area contributed by atoms with Crippen LogP contribution in [0.1, 0.15) is 22.4 Å². The molecule has 6 nitrogen and oxygen atoms in total. The zero-order chi connectivity index (χ0) is 20.5. The van der Waals surface area contributed by atoms with Crippen molar-refractivity contribution < 1.29 is 9.13 Å². The molecule has 0 fully saturated rings. The fraction of sp³-hybridized carbons (Fsp3) is 0.286. The standard InChI is InChI=1S/C21H24FN5OS.HI/c1-3-23-21(25-11-9-20-26-13-15(2)29-20)27-14-16-8-10-24-19(12-16)28-18-6-4-17(22)5-7-18;/h4-8,10,12-13H,3,9,11,14H2,1-2H3,(H2,23,25,27);1H. The lowest BCUT2D eigenvalue weighted by molar-refractivity contribution is 0.460. The molecule has 160 valence electrons. The van der Waals surface area contributed by atoms with Gasteiger partial charge in [0.15, 0.2) is 5.96 Å². The first-order chi connectivity index (χ1) is 14.1. The quantitative estimate of drug-likeness (QED) is 0.246. The van der Waals surface area contributed by atoms with Crippen LogP contribution in [0.4, 0.5) is 4.39 Å². The Morgan fingerprint density at radius 2 is 1.97 bits per heavy atom. The van der Waals surface area contributed by atoms with Crippen LogP contribution in [0, 0.1) is 12.7 Å². The lowest BCUT2D eigenvalue weighted by Crippen LogP contribution is -2.38. The Balaban J connectivity index is 0.00000320. The Labute approximate surface area is 197 Å². The number of aliphatic imine (C=N–C) groups is 1. The number of aryl methyl sites for hydroxylation is 1. The molecule has 3 aromatic rings. The smallest absolute Gasteiger partial charge is 0.219 e. The number of hydrogen-bond donors (Lipinski definition) is 2. The molecule has 0 amide bonds. The topological polar surface area (TPSA) is 71.4 Å². The van der Waals surface area contributed by atoms with Crippen LogP contribution in [0.2, 0.25) is 0 Å². The number of pyridine rings is 1. The van der Waals surface area contributed by atoms with E-state index in [1.165, 1.54) is 17.0 Å². The molecule has 2 N–H and O–H groups in total. The van der Waals surface area contributed by atoms with Gasteiger partial charge < -0.3 is 15.4 Å². The molecule has 2 aromatic heterocycles. The Hall–Kier alpha value is -2.27. The van der Waals surface area contributed by atoms with Gasteiger partial charge in [-0.1, -0.05) is 0 Å². The molecule has 30 heavy (non-hydrogen) atoms. The van der Waals surface area contributed by atoms with Gasteiger partial charge in [0.2, 0.25) is 5.88 Å². The number of thiazole rings is 1. The molecular formula is C21H25FIN5OS. The van der Waals surface area contributed by atoms with Crippen molar-refractivity contribution in [1.82, 2.24) is 20.6 Å². The molecule has 0 aliphatic heterocycles. The van der Waals surface area contributed by atoms with Crippen molar-refractivity contribution in [3.05, 3.63) is 70.1 Å². The van der Waals surface area contributed by atoms with Crippen LogP contribution in [0.15, 0.2) is 53.8 Å². The maximum Gasteiger partial charge on any atom is 0.219 e. The number of guanidine groups is 1. The van der Waals surface area contributed by atoms with Crippen molar-refractivity contribution in [2.75, 3.05) is 13.1 Å². The summed E-state index contributed by atoms with van der Waals surface area (Å²) in [5.74, 6) is 1.42. The minimum absolute atomic E-state index is 0. The normalized spacial score (nSPS) is 11.0. The second kappa shape index (κ2) is 12.4. The predicted molar refractivity (Wildman–Crippen MR) is 129 cm³/mol. The molecule has 1 aromatic carbocycles. The molecule has 0 spiro atoms. The SMILES string of the molecule is CCNC(=NCc1ccnc(Oc2ccc(F)cc2)c1)NCCc1ncc(C)s1.I. The maximum absolute atomic E-state index is 13.0. The van der Waals surface area contributed by atoms with Gasteiger partial charge in [-0.2, -0.15) is 0 Å². The minimum atomic E-state index is -0.304. The molecule has 0 saturated carbocycles. The summed E-state index contributed by atoms with van der Waals surface area (Å²) < 4.78 is 18.7. The first-order valence-electron chi connectivity index (χ1n) is 9.44. The summed E-state index contributed by atoms with van der Waals surface area (Å²) in [4.78, 5) is 14.4. The Bertz CT molecular complexity index is 949. The van der Waals surface area contributed by atoms with Crippen molar-refractivity contribution in [2.24, 2.45) is 4.99 Å².